The summed E-state index contributed by atoms with van der Waals surface area (Å²) in [6.07, 6.45) is 0. The van der Waals surface area contributed by atoms with Crippen molar-refractivity contribution in [3.05, 3.63) is 95.0 Å². The molecule has 0 aliphatic rings. The molecule has 0 bridgehead atoms. The second kappa shape index (κ2) is 12.2. The lowest BCUT2D eigenvalue weighted by Crippen LogP contribution is -2.52. The molecule has 0 aromatic heterocycles. The molecule has 190 valence electrons. The molecule has 3 aromatic rings. The third-order valence-electron chi connectivity index (χ3n) is 5.52. The minimum absolute atomic E-state index is 0.0703. The van der Waals surface area contributed by atoms with Crippen molar-refractivity contribution in [1.29, 1.82) is 0 Å². The predicted octanol–water partition coefficient (Wildman–Crippen LogP) is 4.59. The van der Waals surface area contributed by atoms with Crippen molar-refractivity contribution >= 4 is 43.5 Å². The molecule has 0 saturated heterocycles. The zero-order valence-electron chi connectivity index (χ0n) is 20.5. The van der Waals surface area contributed by atoms with Gasteiger partial charge in [0.05, 0.1) is 10.6 Å². The zero-order chi connectivity index (χ0) is 26.3. The summed E-state index contributed by atoms with van der Waals surface area (Å²) in [7, 11) is -4.06. The van der Waals surface area contributed by atoms with Crippen LogP contribution in [0.1, 0.15) is 26.3 Å². The van der Waals surface area contributed by atoms with Crippen LogP contribution in [0, 0.1) is 0 Å². The number of sulfonamides is 1. The standard InChI is InChI=1S/C27H30BrN3O4S/c1-20(2)29-27(33)21(3)30(18-22-10-6-4-7-11-22)26(32)19-31(24-16-14-23(28)15-17-24)36(34,35)25-12-8-5-9-13-25/h4-17,20-21H,18-19H2,1-3H3,(H,29,33)/t21-/m1/s1. The molecule has 1 N–H and O–H groups in total. The van der Waals surface area contributed by atoms with Crippen molar-refractivity contribution in [2.24, 2.45) is 0 Å². The van der Waals surface area contributed by atoms with Crippen LogP contribution in [0.3, 0.4) is 0 Å². The number of carbonyl (C=O) groups excluding carboxylic acids is 2. The molecule has 0 spiro atoms. The van der Waals surface area contributed by atoms with Crippen molar-refractivity contribution in [2.75, 3.05) is 10.8 Å². The van der Waals surface area contributed by atoms with E-state index in [1.54, 1.807) is 49.4 Å². The highest BCUT2D eigenvalue weighted by Crippen LogP contribution is 2.26. The Morgan fingerprint density at radius 1 is 0.861 bits per heavy atom. The second-order valence-corrected chi connectivity index (χ2v) is 11.4. The Bertz CT molecular complexity index is 1270. The van der Waals surface area contributed by atoms with Gasteiger partial charge in [-0.3, -0.25) is 13.9 Å². The van der Waals surface area contributed by atoms with Crippen LogP contribution in [-0.2, 0) is 26.2 Å². The third-order valence-corrected chi connectivity index (χ3v) is 7.84. The van der Waals surface area contributed by atoms with Gasteiger partial charge >= 0.3 is 0 Å². The zero-order valence-corrected chi connectivity index (χ0v) is 22.9. The van der Waals surface area contributed by atoms with Gasteiger partial charge in [-0.05, 0) is 62.7 Å². The monoisotopic (exact) mass is 571 g/mol. The van der Waals surface area contributed by atoms with Gasteiger partial charge in [0.1, 0.15) is 12.6 Å². The topological polar surface area (TPSA) is 86.8 Å². The molecule has 3 aromatic carbocycles. The normalized spacial score (nSPS) is 12.1. The molecule has 0 fully saturated rings. The number of benzene rings is 3. The lowest BCUT2D eigenvalue weighted by Gasteiger charge is -2.32. The van der Waals surface area contributed by atoms with Crippen LogP contribution in [0.2, 0.25) is 0 Å². The highest BCUT2D eigenvalue weighted by atomic mass is 79.9. The van der Waals surface area contributed by atoms with E-state index >= 15 is 0 Å². The number of hydrogen-bond acceptors (Lipinski definition) is 4. The van der Waals surface area contributed by atoms with Crippen LogP contribution in [0.5, 0.6) is 0 Å². The van der Waals surface area contributed by atoms with E-state index in [0.29, 0.717) is 5.69 Å². The van der Waals surface area contributed by atoms with Crippen LogP contribution in [0.4, 0.5) is 5.69 Å². The van der Waals surface area contributed by atoms with Gasteiger partial charge in [0.25, 0.3) is 10.0 Å². The highest BCUT2D eigenvalue weighted by Gasteiger charge is 2.32. The maximum absolute atomic E-state index is 13.7. The Morgan fingerprint density at radius 3 is 1.97 bits per heavy atom. The van der Waals surface area contributed by atoms with Gasteiger partial charge < -0.3 is 10.2 Å². The van der Waals surface area contributed by atoms with E-state index in [2.05, 4.69) is 21.2 Å². The average Bonchev–Trinajstić information content (AvgIpc) is 2.86. The number of carbonyl (C=O) groups is 2. The maximum atomic E-state index is 13.7. The molecule has 0 radical (unpaired) electrons. The highest BCUT2D eigenvalue weighted by molar-refractivity contribution is 9.10. The summed E-state index contributed by atoms with van der Waals surface area (Å²) in [5.74, 6) is -0.803. The molecule has 0 unspecified atom stereocenters. The summed E-state index contributed by atoms with van der Waals surface area (Å²) in [5.41, 5.74) is 1.17. The number of amides is 2. The van der Waals surface area contributed by atoms with Crippen molar-refractivity contribution in [3.63, 3.8) is 0 Å². The number of rotatable bonds is 10. The molecule has 0 aliphatic carbocycles. The van der Waals surface area contributed by atoms with Gasteiger partial charge in [0.2, 0.25) is 11.8 Å². The first-order chi connectivity index (χ1) is 17.1. The molecular weight excluding hydrogens is 542 g/mol. The van der Waals surface area contributed by atoms with Crippen LogP contribution in [0.15, 0.2) is 94.3 Å². The Hall–Kier alpha value is -3.17. The molecular formula is C27H30BrN3O4S. The van der Waals surface area contributed by atoms with E-state index in [4.69, 9.17) is 0 Å². The molecule has 1 atom stereocenters. The predicted molar refractivity (Wildman–Crippen MR) is 145 cm³/mol. The Morgan fingerprint density at radius 2 is 1.42 bits per heavy atom. The van der Waals surface area contributed by atoms with Crippen molar-refractivity contribution in [3.8, 4) is 0 Å². The molecule has 2 amide bonds. The number of nitrogens with zero attached hydrogens (tertiary/aromatic N) is 2. The van der Waals surface area contributed by atoms with Gasteiger partial charge in [-0.2, -0.15) is 0 Å². The van der Waals surface area contributed by atoms with E-state index in [1.165, 1.54) is 17.0 Å². The number of halogens is 1. The lowest BCUT2D eigenvalue weighted by atomic mass is 10.1. The summed E-state index contributed by atoms with van der Waals surface area (Å²) in [6, 6.07) is 23.1. The number of nitrogens with one attached hydrogen (secondary N) is 1. The lowest BCUT2D eigenvalue weighted by molar-refractivity contribution is -0.139. The van der Waals surface area contributed by atoms with Gasteiger partial charge in [-0.25, -0.2) is 8.42 Å². The first kappa shape index (κ1) is 27.4. The fourth-order valence-electron chi connectivity index (χ4n) is 3.62. The number of hydrogen-bond donors (Lipinski definition) is 1. The van der Waals surface area contributed by atoms with Gasteiger partial charge in [0, 0.05) is 17.1 Å². The van der Waals surface area contributed by atoms with Gasteiger partial charge in [0.15, 0.2) is 0 Å². The third kappa shape index (κ3) is 6.95. The summed E-state index contributed by atoms with van der Waals surface area (Å²) < 4.78 is 29.2. The molecule has 0 heterocycles. The van der Waals surface area contributed by atoms with Crippen molar-refractivity contribution < 1.29 is 18.0 Å². The molecule has 7 nitrogen and oxygen atoms in total. The van der Waals surface area contributed by atoms with Gasteiger partial charge in [-0.15, -0.1) is 0 Å². The molecule has 0 saturated carbocycles. The SMILES string of the molecule is CC(C)NC(=O)[C@@H](C)N(Cc1ccccc1)C(=O)CN(c1ccc(Br)cc1)S(=O)(=O)c1ccccc1. The Kier molecular flexibility index (Phi) is 9.28. The fourth-order valence-corrected chi connectivity index (χ4v) is 5.32. The van der Waals surface area contributed by atoms with E-state index in [-0.39, 0.29) is 23.4 Å². The summed E-state index contributed by atoms with van der Waals surface area (Å²) in [5, 5.41) is 2.84. The average molecular weight is 573 g/mol. The van der Waals surface area contributed by atoms with Gasteiger partial charge in [-0.1, -0.05) is 64.5 Å². The van der Waals surface area contributed by atoms with Crippen LogP contribution < -0.4 is 9.62 Å². The van der Waals surface area contributed by atoms with E-state index in [1.807, 2.05) is 44.2 Å². The fraction of sp³-hybridized carbons (Fsp3) is 0.259. The van der Waals surface area contributed by atoms with E-state index in [0.717, 1.165) is 14.3 Å². The largest absolute Gasteiger partial charge is 0.352 e. The minimum Gasteiger partial charge on any atom is -0.352 e. The van der Waals surface area contributed by atoms with E-state index in [9.17, 15) is 18.0 Å². The number of anilines is 1. The van der Waals surface area contributed by atoms with Crippen molar-refractivity contribution in [2.45, 2.75) is 44.3 Å². The first-order valence-corrected chi connectivity index (χ1v) is 13.8. The summed E-state index contributed by atoms with van der Waals surface area (Å²) >= 11 is 3.37. The Labute approximate surface area is 221 Å². The summed E-state index contributed by atoms with van der Waals surface area (Å²) in [4.78, 5) is 28.1. The summed E-state index contributed by atoms with van der Waals surface area (Å²) in [6.45, 7) is 5.02. The first-order valence-electron chi connectivity index (χ1n) is 11.6. The molecule has 0 aliphatic heterocycles. The second-order valence-electron chi connectivity index (χ2n) is 8.65. The molecule has 3 rings (SSSR count). The Balaban J connectivity index is 2.00. The smallest absolute Gasteiger partial charge is 0.264 e. The minimum atomic E-state index is -4.06. The van der Waals surface area contributed by atoms with E-state index < -0.39 is 28.5 Å². The van der Waals surface area contributed by atoms with Crippen LogP contribution >= 0.6 is 15.9 Å². The molecule has 9 heteroatoms. The van der Waals surface area contributed by atoms with Crippen LogP contribution in [-0.4, -0.2) is 43.8 Å². The van der Waals surface area contributed by atoms with Crippen molar-refractivity contribution in [1.82, 2.24) is 10.2 Å². The maximum Gasteiger partial charge on any atom is 0.264 e. The molecule has 36 heavy (non-hydrogen) atoms. The van der Waals surface area contributed by atoms with Crippen LogP contribution in [0.25, 0.3) is 0 Å². The quantitative estimate of drug-likeness (QED) is 0.385.